The quantitative estimate of drug-likeness (QED) is 0.767. The van der Waals surface area contributed by atoms with Gasteiger partial charge in [0.1, 0.15) is 6.04 Å². The molecule has 1 saturated heterocycles. The Morgan fingerprint density at radius 3 is 2.95 bits per heavy atom. The van der Waals surface area contributed by atoms with Crippen LogP contribution in [0.2, 0.25) is 0 Å². The first-order valence-electron chi connectivity index (χ1n) is 6.49. The number of methoxy groups -OCH3 is 1. The molecule has 0 radical (unpaired) electrons. The van der Waals surface area contributed by atoms with Gasteiger partial charge >= 0.3 is 5.97 Å². The number of likely N-dealkylation sites (tertiary alicyclic amines) is 1. The van der Waals surface area contributed by atoms with E-state index in [4.69, 9.17) is 4.74 Å². The van der Waals surface area contributed by atoms with Gasteiger partial charge in [0, 0.05) is 18.4 Å². The molecule has 19 heavy (non-hydrogen) atoms. The maximum atomic E-state index is 12.3. The number of esters is 1. The average Bonchev–Trinajstić information content (AvgIpc) is 2.47. The second kappa shape index (κ2) is 6.31. The van der Waals surface area contributed by atoms with Gasteiger partial charge < -0.3 is 9.64 Å². The van der Waals surface area contributed by atoms with Gasteiger partial charge in [0.25, 0.3) is 0 Å². The molecular weight excluding hydrogens is 244 g/mol. The lowest BCUT2D eigenvalue weighted by atomic mass is 10.0. The summed E-state index contributed by atoms with van der Waals surface area (Å²) in [6.45, 7) is 0.617. The summed E-state index contributed by atoms with van der Waals surface area (Å²) in [7, 11) is 1.36. The van der Waals surface area contributed by atoms with Crippen molar-refractivity contribution in [2.24, 2.45) is 0 Å². The minimum Gasteiger partial charge on any atom is -0.467 e. The first kappa shape index (κ1) is 13.5. The Balaban J connectivity index is 2.05. The summed E-state index contributed by atoms with van der Waals surface area (Å²) in [6, 6.07) is 5.04. The molecule has 2 rings (SSSR count). The van der Waals surface area contributed by atoms with Gasteiger partial charge in [0.05, 0.1) is 13.5 Å². The number of rotatable bonds is 3. The number of carbonyl (C=O) groups excluding carboxylic acids is 2. The van der Waals surface area contributed by atoms with Gasteiger partial charge in [-0.1, -0.05) is 6.07 Å². The minimum atomic E-state index is -0.435. The third-order valence-corrected chi connectivity index (χ3v) is 3.35. The van der Waals surface area contributed by atoms with Crippen LogP contribution in [0.15, 0.2) is 24.4 Å². The highest BCUT2D eigenvalue weighted by atomic mass is 16.5. The lowest BCUT2D eigenvalue weighted by Gasteiger charge is -2.33. The van der Waals surface area contributed by atoms with Gasteiger partial charge in [-0.2, -0.15) is 0 Å². The number of ether oxygens (including phenoxy) is 1. The van der Waals surface area contributed by atoms with Crippen LogP contribution in [0.1, 0.15) is 25.0 Å². The standard InChI is InChI=1S/C14H18N2O3/c1-19-14(18)12-7-3-5-9-16(12)13(17)10-11-6-2-4-8-15-11/h2,4,6,8,12H,3,5,7,9-10H2,1H3/t12-/m1/s1. The molecule has 1 atom stereocenters. The summed E-state index contributed by atoms with van der Waals surface area (Å²) in [4.78, 5) is 29.7. The van der Waals surface area contributed by atoms with E-state index < -0.39 is 6.04 Å². The van der Waals surface area contributed by atoms with Crippen molar-refractivity contribution in [1.82, 2.24) is 9.88 Å². The molecule has 1 aromatic rings. The normalized spacial score (nSPS) is 19.0. The van der Waals surface area contributed by atoms with Gasteiger partial charge in [0.15, 0.2) is 0 Å². The van der Waals surface area contributed by atoms with E-state index >= 15 is 0 Å². The Morgan fingerprint density at radius 1 is 1.42 bits per heavy atom. The average molecular weight is 262 g/mol. The molecule has 1 aliphatic rings. The summed E-state index contributed by atoms with van der Waals surface area (Å²) in [5.41, 5.74) is 0.724. The summed E-state index contributed by atoms with van der Waals surface area (Å²) in [5.74, 6) is -0.386. The number of piperidine rings is 1. The van der Waals surface area contributed by atoms with Crippen LogP contribution in [-0.4, -0.2) is 41.5 Å². The monoisotopic (exact) mass is 262 g/mol. The largest absolute Gasteiger partial charge is 0.467 e. The second-order valence-corrected chi connectivity index (χ2v) is 4.62. The molecule has 0 aromatic carbocycles. The summed E-state index contributed by atoms with van der Waals surface area (Å²) in [5, 5.41) is 0. The third kappa shape index (κ3) is 3.30. The highest BCUT2D eigenvalue weighted by Gasteiger charge is 2.32. The van der Waals surface area contributed by atoms with Gasteiger partial charge in [-0.25, -0.2) is 4.79 Å². The van der Waals surface area contributed by atoms with Crippen LogP contribution in [0, 0.1) is 0 Å². The highest BCUT2D eigenvalue weighted by molar-refractivity contribution is 5.85. The van der Waals surface area contributed by atoms with Gasteiger partial charge in [0.2, 0.25) is 5.91 Å². The van der Waals surface area contributed by atoms with E-state index in [9.17, 15) is 9.59 Å². The van der Waals surface area contributed by atoms with Crippen LogP contribution in [0.25, 0.3) is 0 Å². The van der Waals surface area contributed by atoms with Crippen LogP contribution >= 0.6 is 0 Å². The fourth-order valence-electron chi connectivity index (χ4n) is 2.37. The van der Waals surface area contributed by atoms with Crippen molar-refractivity contribution in [2.45, 2.75) is 31.7 Å². The fraction of sp³-hybridized carbons (Fsp3) is 0.500. The van der Waals surface area contributed by atoms with Crippen molar-refractivity contribution in [3.8, 4) is 0 Å². The molecule has 0 saturated carbocycles. The van der Waals surface area contributed by atoms with Crippen molar-refractivity contribution in [3.05, 3.63) is 30.1 Å². The number of hydrogen-bond acceptors (Lipinski definition) is 4. The smallest absolute Gasteiger partial charge is 0.328 e. The van der Waals surface area contributed by atoms with Crippen molar-refractivity contribution in [2.75, 3.05) is 13.7 Å². The number of hydrogen-bond donors (Lipinski definition) is 0. The Hall–Kier alpha value is -1.91. The topological polar surface area (TPSA) is 59.5 Å². The zero-order valence-electron chi connectivity index (χ0n) is 11.0. The van der Waals surface area contributed by atoms with E-state index in [1.54, 1.807) is 11.1 Å². The lowest BCUT2D eigenvalue weighted by Crippen LogP contribution is -2.49. The molecule has 1 amide bonds. The number of carbonyl (C=O) groups is 2. The number of aromatic nitrogens is 1. The van der Waals surface area contributed by atoms with Crippen LogP contribution in [0.4, 0.5) is 0 Å². The maximum Gasteiger partial charge on any atom is 0.328 e. The number of nitrogens with zero attached hydrogens (tertiary/aromatic N) is 2. The Labute approximate surface area is 112 Å². The first-order valence-corrected chi connectivity index (χ1v) is 6.49. The predicted molar refractivity (Wildman–Crippen MR) is 69.3 cm³/mol. The van der Waals surface area contributed by atoms with Crippen LogP contribution < -0.4 is 0 Å². The number of pyridine rings is 1. The lowest BCUT2D eigenvalue weighted by molar-refractivity contribution is -0.154. The van der Waals surface area contributed by atoms with E-state index in [1.807, 2.05) is 18.2 Å². The van der Waals surface area contributed by atoms with Crippen LogP contribution in [0.5, 0.6) is 0 Å². The Bertz CT molecular complexity index is 447. The zero-order chi connectivity index (χ0) is 13.7. The third-order valence-electron chi connectivity index (χ3n) is 3.35. The zero-order valence-corrected chi connectivity index (χ0v) is 11.0. The SMILES string of the molecule is COC(=O)[C@H]1CCCCN1C(=O)Cc1ccccn1. The summed E-state index contributed by atoms with van der Waals surface area (Å²) in [6.07, 6.45) is 4.46. The molecular formula is C14H18N2O3. The van der Waals surface area contributed by atoms with Crippen LogP contribution in [0.3, 0.4) is 0 Å². The van der Waals surface area contributed by atoms with E-state index in [2.05, 4.69) is 4.98 Å². The summed E-state index contributed by atoms with van der Waals surface area (Å²) >= 11 is 0. The number of amides is 1. The maximum absolute atomic E-state index is 12.3. The van der Waals surface area contributed by atoms with Gasteiger partial charge in [-0.15, -0.1) is 0 Å². The molecule has 0 N–H and O–H groups in total. The predicted octanol–water partition coefficient (Wildman–Crippen LogP) is 1.18. The fourth-order valence-corrected chi connectivity index (χ4v) is 2.37. The van der Waals surface area contributed by atoms with E-state index in [0.717, 1.165) is 18.5 Å². The molecule has 0 aliphatic carbocycles. The van der Waals surface area contributed by atoms with Crippen molar-refractivity contribution in [3.63, 3.8) is 0 Å². The van der Waals surface area contributed by atoms with Crippen molar-refractivity contribution >= 4 is 11.9 Å². The molecule has 1 aliphatic heterocycles. The highest BCUT2D eigenvalue weighted by Crippen LogP contribution is 2.19. The van der Waals surface area contributed by atoms with E-state index in [0.29, 0.717) is 13.0 Å². The molecule has 0 unspecified atom stereocenters. The molecule has 102 valence electrons. The molecule has 0 bridgehead atoms. The van der Waals surface area contributed by atoms with Crippen molar-refractivity contribution < 1.29 is 14.3 Å². The molecule has 5 heteroatoms. The minimum absolute atomic E-state index is 0.0613. The van der Waals surface area contributed by atoms with E-state index in [1.165, 1.54) is 7.11 Å². The Kier molecular flexibility index (Phi) is 4.49. The van der Waals surface area contributed by atoms with Gasteiger partial charge in [-0.3, -0.25) is 9.78 Å². The molecule has 0 spiro atoms. The van der Waals surface area contributed by atoms with E-state index in [-0.39, 0.29) is 18.3 Å². The second-order valence-electron chi connectivity index (χ2n) is 4.62. The molecule has 5 nitrogen and oxygen atoms in total. The van der Waals surface area contributed by atoms with Crippen molar-refractivity contribution in [1.29, 1.82) is 0 Å². The Morgan fingerprint density at radius 2 is 2.26 bits per heavy atom. The first-order chi connectivity index (χ1) is 9.22. The van der Waals surface area contributed by atoms with Crippen LogP contribution in [-0.2, 0) is 20.7 Å². The summed E-state index contributed by atoms with van der Waals surface area (Å²) < 4.78 is 4.77. The van der Waals surface area contributed by atoms with Gasteiger partial charge in [-0.05, 0) is 31.4 Å². The molecule has 1 aromatic heterocycles. The molecule has 2 heterocycles. The molecule has 1 fully saturated rings.